The fraction of sp³-hybridized carbons (Fsp3) is 0.154. The van der Waals surface area contributed by atoms with Crippen LogP contribution in [0.15, 0.2) is 29.7 Å². The Bertz CT molecular complexity index is 658. The minimum absolute atomic E-state index is 0.258. The molecule has 1 aromatic carbocycles. The highest BCUT2D eigenvalue weighted by Crippen LogP contribution is 2.16. The average Bonchev–Trinajstić information content (AvgIpc) is 2.31. The number of benzene rings is 1. The maximum Gasteiger partial charge on any atom is 0.200 e. The fourth-order valence-electron chi connectivity index (χ4n) is 1.67. The fourth-order valence-corrected chi connectivity index (χ4v) is 1.67. The molecule has 88 valence electrons. The second-order valence-electron chi connectivity index (χ2n) is 3.81. The highest BCUT2D eigenvalue weighted by Gasteiger charge is 2.10. The molecule has 0 unspecified atom stereocenters. The Morgan fingerprint density at radius 3 is 2.82 bits per heavy atom. The monoisotopic (exact) mass is 233 g/mol. The summed E-state index contributed by atoms with van der Waals surface area (Å²) < 4.78 is 18.3. The van der Waals surface area contributed by atoms with Gasteiger partial charge >= 0.3 is 0 Å². The number of fused-ring (bicyclic) bond motifs is 1. The third kappa shape index (κ3) is 1.82. The first-order chi connectivity index (χ1) is 8.04. The minimum atomic E-state index is -0.400. The van der Waals surface area contributed by atoms with Crippen molar-refractivity contribution in [2.24, 2.45) is 0 Å². The number of aromatic amines is 1. The number of hydrogen-bond acceptors (Lipinski definition) is 2. The van der Waals surface area contributed by atoms with E-state index in [1.54, 1.807) is 13.0 Å². The Morgan fingerprint density at radius 2 is 2.18 bits per heavy atom. The van der Waals surface area contributed by atoms with Crippen LogP contribution in [-0.4, -0.2) is 12.1 Å². The Kier molecular flexibility index (Phi) is 2.71. The quantitative estimate of drug-likeness (QED) is 0.810. The Hall–Kier alpha value is -2.10. The highest BCUT2D eigenvalue weighted by atomic mass is 19.1. The van der Waals surface area contributed by atoms with Gasteiger partial charge in [-0.1, -0.05) is 6.58 Å². The van der Waals surface area contributed by atoms with Crippen LogP contribution in [0.5, 0.6) is 0 Å². The van der Waals surface area contributed by atoms with Crippen molar-refractivity contribution in [1.82, 2.24) is 4.98 Å². The predicted molar refractivity (Wildman–Crippen MR) is 65.3 cm³/mol. The van der Waals surface area contributed by atoms with Gasteiger partial charge in [-0.2, -0.15) is 0 Å². The molecule has 0 radical (unpaired) electrons. The molecule has 0 aliphatic carbocycles. The van der Waals surface area contributed by atoms with Gasteiger partial charge in [0.15, 0.2) is 5.43 Å². The molecule has 0 amide bonds. The average molecular weight is 233 g/mol. The number of hydrogen-bond donors (Lipinski definition) is 1. The summed E-state index contributed by atoms with van der Waals surface area (Å²) in [7, 11) is 1.43. The van der Waals surface area contributed by atoms with Crippen LogP contribution in [0.1, 0.15) is 11.1 Å². The maximum absolute atomic E-state index is 13.4. The van der Waals surface area contributed by atoms with E-state index in [2.05, 4.69) is 11.6 Å². The molecule has 0 bridgehead atoms. The molecule has 1 N–H and O–H groups in total. The van der Waals surface area contributed by atoms with Crippen molar-refractivity contribution in [2.45, 2.75) is 6.92 Å². The number of H-pyrrole nitrogens is 1. The smallest absolute Gasteiger partial charge is 0.200 e. The van der Waals surface area contributed by atoms with E-state index in [0.717, 1.165) is 0 Å². The van der Waals surface area contributed by atoms with Gasteiger partial charge in [0.25, 0.3) is 0 Å². The van der Waals surface area contributed by atoms with Gasteiger partial charge in [-0.25, -0.2) is 4.39 Å². The molecule has 1 aromatic heterocycles. The Balaban J connectivity index is 2.80. The summed E-state index contributed by atoms with van der Waals surface area (Å²) in [5, 5.41) is 0.295. The van der Waals surface area contributed by atoms with Gasteiger partial charge in [-0.15, -0.1) is 0 Å². The number of halogens is 1. The third-order valence-electron chi connectivity index (χ3n) is 2.71. The van der Waals surface area contributed by atoms with E-state index in [4.69, 9.17) is 4.74 Å². The van der Waals surface area contributed by atoms with Crippen molar-refractivity contribution in [3.63, 3.8) is 0 Å². The highest BCUT2D eigenvalue weighted by molar-refractivity contribution is 5.82. The lowest BCUT2D eigenvalue weighted by Gasteiger charge is -2.06. The van der Waals surface area contributed by atoms with Gasteiger partial charge in [0, 0.05) is 17.1 Å². The number of ether oxygens (including phenoxy) is 1. The second kappa shape index (κ2) is 4.05. The molecule has 2 rings (SSSR count). The molecule has 0 atom stereocenters. The van der Waals surface area contributed by atoms with Gasteiger partial charge in [0.05, 0.1) is 12.7 Å². The van der Waals surface area contributed by atoms with Crippen LogP contribution < -0.4 is 5.43 Å². The van der Waals surface area contributed by atoms with Crippen LogP contribution >= 0.6 is 0 Å². The summed E-state index contributed by atoms with van der Waals surface area (Å²) in [6.45, 7) is 5.26. The van der Waals surface area contributed by atoms with Gasteiger partial charge in [0.2, 0.25) is 0 Å². The number of aromatic nitrogens is 1. The summed E-state index contributed by atoms with van der Waals surface area (Å²) in [5.41, 5.74) is 1.11. The van der Waals surface area contributed by atoms with Crippen molar-refractivity contribution < 1.29 is 9.13 Å². The predicted octanol–water partition coefficient (Wildman–Crippen LogP) is 2.59. The molecule has 17 heavy (non-hydrogen) atoms. The van der Waals surface area contributed by atoms with Crippen LogP contribution in [0.4, 0.5) is 4.39 Å². The molecule has 0 saturated carbocycles. The van der Waals surface area contributed by atoms with Crippen LogP contribution in [0, 0.1) is 12.7 Å². The molecular formula is C13H12FNO2. The molecular weight excluding hydrogens is 221 g/mol. The number of methoxy groups -OCH3 is 1. The summed E-state index contributed by atoms with van der Waals surface area (Å²) in [4.78, 5) is 15.0. The van der Waals surface area contributed by atoms with Crippen LogP contribution in [-0.2, 0) is 4.74 Å². The topological polar surface area (TPSA) is 42.1 Å². The number of nitrogens with one attached hydrogen (secondary N) is 1. The molecule has 0 saturated heterocycles. The summed E-state index contributed by atoms with van der Waals surface area (Å²) in [5.74, 6) is -0.141. The zero-order valence-corrected chi connectivity index (χ0v) is 9.63. The second-order valence-corrected chi connectivity index (χ2v) is 3.81. The molecule has 3 nitrogen and oxygen atoms in total. The molecule has 4 heteroatoms. The van der Waals surface area contributed by atoms with E-state index in [1.165, 1.54) is 19.4 Å². The first kappa shape index (κ1) is 11.4. The normalized spacial score (nSPS) is 10.5. The van der Waals surface area contributed by atoms with Crippen molar-refractivity contribution >= 4 is 16.7 Å². The van der Waals surface area contributed by atoms with E-state index in [1.807, 2.05) is 0 Å². The van der Waals surface area contributed by atoms with Gasteiger partial charge in [0.1, 0.15) is 11.6 Å². The zero-order chi connectivity index (χ0) is 12.6. The summed E-state index contributed by atoms with van der Waals surface area (Å²) in [6.07, 6.45) is 1.52. The van der Waals surface area contributed by atoms with Crippen LogP contribution in [0.3, 0.4) is 0 Å². The van der Waals surface area contributed by atoms with E-state index in [0.29, 0.717) is 22.0 Å². The summed E-state index contributed by atoms with van der Waals surface area (Å²) >= 11 is 0. The lowest BCUT2D eigenvalue weighted by molar-refractivity contribution is 0.371. The van der Waals surface area contributed by atoms with E-state index >= 15 is 0 Å². The van der Waals surface area contributed by atoms with Crippen molar-refractivity contribution in [2.75, 3.05) is 7.11 Å². The number of pyridine rings is 1. The largest absolute Gasteiger partial charge is 0.497 e. The maximum atomic E-state index is 13.4. The van der Waals surface area contributed by atoms with E-state index < -0.39 is 5.82 Å². The number of aryl methyl sites for hydroxylation is 1. The zero-order valence-electron chi connectivity index (χ0n) is 9.63. The lowest BCUT2D eigenvalue weighted by Crippen LogP contribution is -2.10. The third-order valence-corrected chi connectivity index (χ3v) is 2.71. The molecule has 0 fully saturated rings. The molecule has 2 aromatic rings. The van der Waals surface area contributed by atoms with Gasteiger partial charge in [-0.3, -0.25) is 4.79 Å². The Morgan fingerprint density at radius 1 is 1.47 bits per heavy atom. The SMILES string of the molecule is C=C(OC)c1c[nH]c2cc(C)c(F)cc2c1=O. The molecule has 0 spiro atoms. The van der Waals surface area contributed by atoms with E-state index in [9.17, 15) is 9.18 Å². The molecule has 0 aliphatic rings. The first-order valence-corrected chi connectivity index (χ1v) is 5.09. The number of rotatable bonds is 2. The standard InChI is InChI=1S/C13H12FNO2/c1-7-4-12-9(5-11(7)14)13(16)10(6-15-12)8(2)17-3/h4-6H,2H2,1,3H3,(H,15,16). The summed E-state index contributed by atoms with van der Waals surface area (Å²) in [6, 6.07) is 2.83. The van der Waals surface area contributed by atoms with Crippen molar-refractivity contribution in [1.29, 1.82) is 0 Å². The van der Waals surface area contributed by atoms with Gasteiger partial charge in [-0.05, 0) is 24.6 Å². The Labute approximate surface area is 97.5 Å². The van der Waals surface area contributed by atoms with Crippen LogP contribution in [0.25, 0.3) is 16.7 Å². The molecule has 0 aliphatic heterocycles. The lowest BCUT2D eigenvalue weighted by atomic mass is 10.1. The van der Waals surface area contributed by atoms with Crippen molar-refractivity contribution in [3.05, 3.63) is 52.1 Å². The minimum Gasteiger partial charge on any atom is -0.497 e. The first-order valence-electron chi connectivity index (χ1n) is 5.09. The molecule has 1 heterocycles. The van der Waals surface area contributed by atoms with E-state index in [-0.39, 0.29) is 11.2 Å². The van der Waals surface area contributed by atoms with Crippen LogP contribution in [0.2, 0.25) is 0 Å². The van der Waals surface area contributed by atoms with Crippen molar-refractivity contribution in [3.8, 4) is 0 Å². The van der Waals surface area contributed by atoms with Gasteiger partial charge < -0.3 is 9.72 Å².